The normalized spacial score (nSPS) is 19.0. The highest BCUT2D eigenvalue weighted by Crippen LogP contribution is 2.57. The smallest absolute Gasteiger partial charge is 0.304 e. The number of aryl methyl sites for hydroxylation is 2. The first kappa shape index (κ1) is 25.2. The van der Waals surface area contributed by atoms with Gasteiger partial charge in [0.1, 0.15) is 22.3 Å². The second kappa shape index (κ2) is 9.79. The molecular formula is C27H30N4O5S. The monoisotopic (exact) mass is 522 g/mol. The zero-order valence-corrected chi connectivity index (χ0v) is 21.7. The van der Waals surface area contributed by atoms with Crippen molar-refractivity contribution in [2.75, 3.05) is 6.54 Å². The molecule has 9 nitrogen and oxygen atoms in total. The molecule has 0 bridgehead atoms. The molecule has 37 heavy (non-hydrogen) atoms. The predicted molar refractivity (Wildman–Crippen MR) is 142 cm³/mol. The van der Waals surface area contributed by atoms with E-state index >= 15 is 0 Å². The SMILES string of the molecule is Cc1ccc(C(CC(=O)O)c2ccc3c(c2)nnn3C)cc1CN1C[C@@H](C)Oc2ccccc2S1(O)O. The summed E-state index contributed by atoms with van der Waals surface area (Å²) >= 11 is 0. The Labute approximate surface area is 216 Å². The summed E-state index contributed by atoms with van der Waals surface area (Å²) in [5, 5.41) is 18.0. The Morgan fingerprint density at radius 2 is 1.86 bits per heavy atom. The van der Waals surface area contributed by atoms with E-state index in [4.69, 9.17) is 4.74 Å². The lowest BCUT2D eigenvalue weighted by atomic mass is 9.86. The van der Waals surface area contributed by atoms with Crippen molar-refractivity contribution in [1.29, 1.82) is 0 Å². The molecule has 2 heterocycles. The molecule has 4 aromatic rings. The molecular weight excluding hydrogens is 492 g/mol. The van der Waals surface area contributed by atoms with Crippen LogP contribution in [0.2, 0.25) is 0 Å². The van der Waals surface area contributed by atoms with Gasteiger partial charge >= 0.3 is 5.97 Å². The van der Waals surface area contributed by atoms with Crippen LogP contribution in [0.15, 0.2) is 65.6 Å². The van der Waals surface area contributed by atoms with Crippen LogP contribution in [0.3, 0.4) is 0 Å². The third kappa shape index (κ3) is 4.93. The number of carboxylic acid groups (broad SMARTS) is 1. The highest BCUT2D eigenvalue weighted by molar-refractivity contribution is 8.22. The third-order valence-electron chi connectivity index (χ3n) is 6.83. The van der Waals surface area contributed by atoms with Gasteiger partial charge in [-0.25, -0.2) is 4.68 Å². The molecule has 0 radical (unpaired) electrons. The zero-order valence-electron chi connectivity index (χ0n) is 20.9. The van der Waals surface area contributed by atoms with Crippen LogP contribution < -0.4 is 4.74 Å². The topological polar surface area (TPSA) is 121 Å². The molecule has 2 atom stereocenters. The molecule has 1 aliphatic heterocycles. The average molecular weight is 523 g/mol. The van der Waals surface area contributed by atoms with Crippen molar-refractivity contribution in [3.8, 4) is 5.75 Å². The van der Waals surface area contributed by atoms with Gasteiger partial charge in [0.15, 0.2) is 0 Å². The molecule has 5 rings (SSSR count). The van der Waals surface area contributed by atoms with Gasteiger partial charge in [-0.05, 0) is 60.4 Å². The van der Waals surface area contributed by atoms with Crippen molar-refractivity contribution >= 4 is 27.8 Å². The number of nitrogens with zero attached hydrogens (tertiary/aromatic N) is 4. The van der Waals surface area contributed by atoms with E-state index in [-0.39, 0.29) is 19.1 Å². The largest absolute Gasteiger partial charge is 0.487 e. The molecule has 194 valence electrons. The van der Waals surface area contributed by atoms with Crippen LogP contribution in [0.5, 0.6) is 5.75 Å². The van der Waals surface area contributed by atoms with Crippen LogP contribution in [0, 0.1) is 6.92 Å². The Bertz CT molecular complexity index is 1470. The van der Waals surface area contributed by atoms with E-state index in [9.17, 15) is 19.0 Å². The molecule has 0 spiro atoms. The molecule has 0 amide bonds. The number of carbonyl (C=O) groups is 1. The maximum atomic E-state index is 11.9. The number of fused-ring (bicyclic) bond motifs is 2. The molecule has 3 aromatic carbocycles. The number of ether oxygens (including phenoxy) is 1. The summed E-state index contributed by atoms with van der Waals surface area (Å²) in [6.45, 7) is 4.46. The maximum absolute atomic E-state index is 11.9. The lowest BCUT2D eigenvalue weighted by Crippen LogP contribution is -2.33. The van der Waals surface area contributed by atoms with E-state index in [0.29, 0.717) is 22.7 Å². The number of aromatic nitrogens is 3. The van der Waals surface area contributed by atoms with Crippen molar-refractivity contribution in [3.05, 3.63) is 82.9 Å². The van der Waals surface area contributed by atoms with E-state index in [1.807, 2.05) is 63.4 Å². The lowest BCUT2D eigenvalue weighted by molar-refractivity contribution is -0.137. The number of para-hydroxylation sites is 1. The number of hydrogen-bond donors (Lipinski definition) is 3. The van der Waals surface area contributed by atoms with E-state index in [1.54, 1.807) is 27.2 Å². The second-order valence-electron chi connectivity index (χ2n) is 9.51. The van der Waals surface area contributed by atoms with E-state index < -0.39 is 22.7 Å². The second-order valence-corrected chi connectivity index (χ2v) is 11.5. The summed E-state index contributed by atoms with van der Waals surface area (Å²) in [5.41, 5.74) is 5.10. The Morgan fingerprint density at radius 1 is 1.14 bits per heavy atom. The Balaban J connectivity index is 1.52. The lowest BCUT2D eigenvalue weighted by Gasteiger charge is -2.42. The van der Waals surface area contributed by atoms with E-state index in [1.165, 1.54) is 0 Å². The van der Waals surface area contributed by atoms with E-state index in [2.05, 4.69) is 10.3 Å². The van der Waals surface area contributed by atoms with Crippen molar-refractivity contribution in [1.82, 2.24) is 19.3 Å². The standard InChI is InChI=1S/C27H30N4O5S/c1-17-8-9-19(22(14-27(32)33)20-10-11-24-23(13-20)28-29-30(24)3)12-21(17)16-31-15-18(2)36-25-6-4-5-7-26(25)37(31,34)35/h4-13,18,22,34-35H,14-16H2,1-3H3,(H,32,33)/t18-,22?/m1/s1. The predicted octanol–water partition coefficient (Wildman–Crippen LogP) is 5.19. The van der Waals surface area contributed by atoms with Gasteiger partial charge in [-0.3, -0.25) is 13.9 Å². The van der Waals surface area contributed by atoms with Gasteiger partial charge in [0.2, 0.25) is 0 Å². The molecule has 0 saturated carbocycles. The fourth-order valence-corrected chi connectivity index (χ4v) is 6.52. The van der Waals surface area contributed by atoms with Crippen LogP contribution in [-0.4, -0.2) is 52.1 Å². The van der Waals surface area contributed by atoms with Gasteiger partial charge in [-0.15, -0.1) is 15.9 Å². The molecule has 0 aliphatic carbocycles. The molecule has 1 aliphatic rings. The minimum absolute atomic E-state index is 0.0918. The molecule has 1 aromatic heterocycles. The van der Waals surface area contributed by atoms with Crippen LogP contribution in [0.1, 0.15) is 41.5 Å². The summed E-state index contributed by atoms with van der Waals surface area (Å²) in [7, 11) is -1.48. The van der Waals surface area contributed by atoms with Crippen molar-refractivity contribution in [2.45, 2.75) is 43.7 Å². The van der Waals surface area contributed by atoms with Crippen molar-refractivity contribution in [3.63, 3.8) is 0 Å². The van der Waals surface area contributed by atoms with Gasteiger partial charge < -0.3 is 9.84 Å². The first-order valence-corrected chi connectivity index (χ1v) is 13.5. The van der Waals surface area contributed by atoms with E-state index in [0.717, 1.165) is 27.8 Å². The summed E-state index contributed by atoms with van der Waals surface area (Å²) < 4.78 is 31.9. The molecule has 3 N–H and O–H groups in total. The first-order chi connectivity index (χ1) is 17.6. The van der Waals surface area contributed by atoms with Crippen LogP contribution in [0.4, 0.5) is 0 Å². The first-order valence-electron chi connectivity index (χ1n) is 12.0. The van der Waals surface area contributed by atoms with Gasteiger partial charge in [-0.1, -0.05) is 41.6 Å². The summed E-state index contributed by atoms with van der Waals surface area (Å²) in [4.78, 5) is 12.2. The number of rotatable bonds is 6. The average Bonchev–Trinajstić information content (AvgIpc) is 3.19. The fourth-order valence-electron chi connectivity index (χ4n) is 4.86. The van der Waals surface area contributed by atoms with Crippen LogP contribution >= 0.6 is 10.8 Å². The summed E-state index contributed by atoms with van der Waals surface area (Å²) in [6.07, 6.45) is -0.345. The summed E-state index contributed by atoms with van der Waals surface area (Å²) in [6, 6.07) is 18.6. The quantitative estimate of drug-likeness (QED) is 0.316. The Kier molecular flexibility index (Phi) is 6.67. The number of carboxylic acids is 1. The van der Waals surface area contributed by atoms with Gasteiger partial charge in [0, 0.05) is 19.5 Å². The fraction of sp³-hybridized carbons (Fsp3) is 0.296. The molecule has 0 saturated heterocycles. The molecule has 10 heteroatoms. The number of benzene rings is 3. The van der Waals surface area contributed by atoms with Gasteiger partial charge in [-0.2, -0.15) is 4.31 Å². The van der Waals surface area contributed by atoms with Crippen LogP contribution in [0.25, 0.3) is 11.0 Å². The highest BCUT2D eigenvalue weighted by Gasteiger charge is 2.34. The van der Waals surface area contributed by atoms with Crippen molar-refractivity contribution in [2.24, 2.45) is 7.05 Å². The van der Waals surface area contributed by atoms with Gasteiger partial charge in [0.25, 0.3) is 0 Å². The maximum Gasteiger partial charge on any atom is 0.304 e. The number of aliphatic carboxylic acids is 1. The minimum atomic E-state index is -3.30. The van der Waals surface area contributed by atoms with Gasteiger partial charge in [0.05, 0.1) is 18.5 Å². The van der Waals surface area contributed by atoms with Crippen molar-refractivity contribution < 1.29 is 23.7 Å². The zero-order chi connectivity index (χ0) is 26.3. The summed E-state index contributed by atoms with van der Waals surface area (Å²) in [5.74, 6) is -0.838. The Hall–Kier alpha value is -3.44. The van der Waals surface area contributed by atoms with Crippen LogP contribution in [-0.2, 0) is 18.4 Å². The molecule has 1 unspecified atom stereocenters. The number of hydrogen-bond acceptors (Lipinski definition) is 7. The highest BCUT2D eigenvalue weighted by atomic mass is 32.3. The molecule has 0 fully saturated rings. The minimum Gasteiger partial charge on any atom is -0.487 e. The Morgan fingerprint density at radius 3 is 2.65 bits per heavy atom. The third-order valence-corrected chi connectivity index (χ3v) is 8.76.